The summed E-state index contributed by atoms with van der Waals surface area (Å²) in [4.78, 5) is 0. The second-order valence-electron chi connectivity index (χ2n) is 8.32. The maximum Gasteiger partial charge on any atom is 0.187 e. The lowest BCUT2D eigenvalue weighted by atomic mass is 9.96. The number of hydrogen-bond acceptors (Lipinski definition) is 15. The summed E-state index contributed by atoms with van der Waals surface area (Å²) in [6.07, 6.45) is -23.7. The van der Waals surface area contributed by atoms with Crippen LogP contribution in [0.3, 0.4) is 0 Å². The lowest BCUT2D eigenvalue weighted by Gasteiger charge is -2.47. The largest absolute Gasteiger partial charge is 0.394 e. The first kappa shape index (κ1) is 27.0. The zero-order chi connectivity index (χ0) is 24.6. The molecule has 15 nitrogen and oxygen atoms in total. The number of ether oxygens (including phenoxy) is 5. The third kappa shape index (κ3) is 5.32. The van der Waals surface area contributed by atoms with Gasteiger partial charge in [0.2, 0.25) is 0 Å². The molecule has 194 valence electrons. The maximum atomic E-state index is 10.6. The number of aliphatic hydroxyl groups is 10. The molecule has 3 rings (SSSR count). The van der Waals surface area contributed by atoms with Gasteiger partial charge in [0.05, 0.1) is 19.3 Å². The minimum Gasteiger partial charge on any atom is -0.394 e. The molecule has 0 aliphatic carbocycles. The molecule has 3 aliphatic heterocycles. The fourth-order valence-corrected chi connectivity index (χ4v) is 4.00. The van der Waals surface area contributed by atoms with Gasteiger partial charge in [-0.05, 0) is 6.92 Å². The summed E-state index contributed by atoms with van der Waals surface area (Å²) in [5, 5.41) is 99.7. The topological polar surface area (TPSA) is 248 Å². The van der Waals surface area contributed by atoms with Gasteiger partial charge in [-0.2, -0.15) is 0 Å². The zero-order valence-electron chi connectivity index (χ0n) is 17.6. The lowest BCUT2D eigenvalue weighted by molar-refractivity contribution is -0.376. The van der Waals surface area contributed by atoms with Crippen molar-refractivity contribution in [2.24, 2.45) is 0 Å². The maximum absolute atomic E-state index is 10.6. The molecular weight excluding hydrogens is 456 g/mol. The molecule has 15 atom stereocenters. The number of rotatable bonds is 6. The molecule has 3 fully saturated rings. The van der Waals surface area contributed by atoms with Gasteiger partial charge >= 0.3 is 0 Å². The van der Waals surface area contributed by atoms with E-state index in [-0.39, 0.29) is 0 Å². The molecule has 3 saturated heterocycles. The Morgan fingerprint density at radius 3 is 1.55 bits per heavy atom. The minimum absolute atomic E-state index is 0.741. The summed E-state index contributed by atoms with van der Waals surface area (Å²) < 4.78 is 26.6. The summed E-state index contributed by atoms with van der Waals surface area (Å²) >= 11 is 0. The highest BCUT2D eigenvalue weighted by molar-refractivity contribution is 4.95. The quantitative estimate of drug-likeness (QED) is 0.167. The van der Waals surface area contributed by atoms with E-state index in [0.717, 1.165) is 0 Å². The van der Waals surface area contributed by atoms with Crippen LogP contribution in [0.2, 0.25) is 0 Å². The van der Waals surface area contributed by atoms with Crippen LogP contribution in [-0.2, 0) is 23.7 Å². The Hall–Kier alpha value is -0.600. The van der Waals surface area contributed by atoms with Crippen LogP contribution in [-0.4, -0.2) is 156 Å². The molecule has 0 bridgehead atoms. The van der Waals surface area contributed by atoms with Crippen molar-refractivity contribution in [1.29, 1.82) is 0 Å². The number of hydrogen-bond donors (Lipinski definition) is 10. The van der Waals surface area contributed by atoms with E-state index < -0.39 is 105 Å². The van der Waals surface area contributed by atoms with E-state index >= 15 is 0 Å². The van der Waals surface area contributed by atoms with Gasteiger partial charge in [0.1, 0.15) is 67.1 Å². The Kier molecular flexibility index (Phi) is 8.99. The highest BCUT2D eigenvalue weighted by Crippen LogP contribution is 2.32. The van der Waals surface area contributed by atoms with Crippen molar-refractivity contribution in [3.8, 4) is 0 Å². The molecule has 1 unspecified atom stereocenters. The van der Waals surface area contributed by atoms with Crippen molar-refractivity contribution in [2.45, 2.75) is 99.0 Å². The van der Waals surface area contributed by atoms with Gasteiger partial charge in [0.15, 0.2) is 18.9 Å². The van der Waals surface area contributed by atoms with Gasteiger partial charge < -0.3 is 74.7 Å². The van der Waals surface area contributed by atoms with Gasteiger partial charge in [0, 0.05) is 0 Å². The first-order valence-electron chi connectivity index (χ1n) is 10.4. The standard InChI is InChI=1S/C18H32O15/c1-4-7(21)8(22)12(26)17(29-4)32-15-6(3-20)31-18(13(27)10(15)24)33-14-5(2-19)30-16(28)11(25)9(14)23/h4-28H,2-3H2,1H3/t4-,5+,6+,7+,8+,9+,10+,11+,12-,13+,14+,15-,16?,17+,18-/m0/s1. The summed E-state index contributed by atoms with van der Waals surface area (Å²) in [5.74, 6) is 0. The van der Waals surface area contributed by atoms with E-state index in [1.165, 1.54) is 6.92 Å². The highest BCUT2D eigenvalue weighted by Gasteiger charge is 2.52. The van der Waals surface area contributed by atoms with Crippen molar-refractivity contribution >= 4 is 0 Å². The average molecular weight is 488 g/mol. The zero-order valence-corrected chi connectivity index (χ0v) is 17.6. The fraction of sp³-hybridized carbons (Fsp3) is 1.00. The molecule has 0 aromatic carbocycles. The predicted octanol–water partition coefficient (Wildman–Crippen LogP) is -6.55. The highest BCUT2D eigenvalue weighted by atomic mass is 16.7. The van der Waals surface area contributed by atoms with Gasteiger partial charge in [-0.3, -0.25) is 0 Å². The minimum atomic E-state index is -1.86. The molecule has 3 heterocycles. The SMILES string of the molecule is C[C@@H]1O[C@H](O[C@@H]2[C@H](O)[C@@H](O)[C@H](O[C@H]3[C@H](O)[C@@H](O)C(O)O[C@@H]3CO)O[C@@H]2CO)[C@@H](O)[C@H](O)[C@@H]1O. The molecule has 0 radical (unpaired) electrons. The molecule has 0 amide bonds. The van der Waals surface area contributed by atoms with Crippen molar-refractivity contribution in [2.75, 3.05) is 13.2 Å². The summed E-state index contributed by atoms with van der Waals surface area (Å²) in [6.45, 7) is -0.103. The summed E-state index contributed by atoms with van der Waals surface area (Å²) in [6, 6.07) is 0. The van der Waals surface area contributed by atoms with Gasteiger partial charge in [-0.15, -0.1) is 0 Å². The van der Waals surface area contributed by atoms with Crippen LogP contribution in [0.5, 0.6) is 0 Å². The molecule has 0 aromatic rings. The van der Waals surface area contributed by atoms with Crippen molar-refractivity contribution in [3.63, 3.8) is 0 Å². The summed E-state index contributed by atoms with van der Waals surface area (Å²) in [7, 11) is 0. The third-order valence-corrected chi connectivity index (χ3v) is 6.05. The molecule has 0 spiro atoms. The van der Waals surface area contributed by atoms with Crippen LogP contribution < -0.4 is 0 Å². The van der Waals surface area contributed by atoms with Crippen LogP contribution in [0, 0.1) is 0 Å². The number of aliphatic hydroxyl groups excluding tert-OH is 10. The van der Waals surface area contributed by atoms with Crippen LogP contribution in [0.15, 0.2) is 0 Å². The van der Waals surface area contributed by atoms with Crippen molar-refractivity contribution < 1.29 is 74.7 Å². The van der Waals surface area contributed by atoms with Crippen molar-refractivity contribution in [1.82, 2.24) is 0 Å². The van der Waals surface area contributed by atoms with Gasteiger partial charge in [0.25, 0.3) is 0 Å². The Morgan fingerprint density at radius 1 is 0.545 bits per heavy atom. The third-order valence-electron chi connectivity index (χ3n) is 6.05. The van der Waals surface area contributed by atoms with Crippen molar-refractivity contribution in [3.05, 3.63) is 0 Å². The van der Waals surface area contributed by atoms with Crippen LogP contribution in [0.1, 0.15) is 6.92 Å². The van der Waals surface area contributed by atoms with Gasteiger partial charge in [-0.25, -0.2) is 0 Å². The van der Waals surface area contributed by atoms with E-state index in [1.807, 2.05) is 0 Å². The van der Waals surface area contributed by atoms with E-state index in [4.69, 9.17) is 23.7 Å². The Morgan fingerprint density at radius 2 is 1.00 bits per heavy atom. The Bertz CT molecular complexity index is 622. The lowest BCUT2D eigenvalue weighted by Crippen LogP contribution is -2.66. The monoisotopic (exact) mass is 488 g/mol. The molecule has 10 N–H and O–H groups in total. The summed E-state index contributed by atoms with van der Waals surface area (Å²) in [5.41, 5.74) is 0. The average Bonchev–Trinajstić information content (AvgIpc) is 2.80. The van der Waals surface area contributed by atoms with Crippen LogP contribution in [0.25, 0.3) is 0 Å². The fourth-order valence-electron chi connectivity index (χ4n) is 4.00. The van der Waals surface area contributed by atoms with E-state index in [9.17, 15) is 51.1 Å². The Balaban J connectivity index is 1.71. The van der Waals surface area contributed by atoms with Crippen LogP contribution in [0.4, 0.5) is 0 Å². The predicted molar refractivity (Wildman–Crippen MR) is 99.8 cm³/mol. The van der Waals surface area contributed by atoms with E-state index in [0.29, 0.717) is 0 Å². The first-order chi connectivity index (χ1) is 15.5. The second-order valence-corrected chi connectivity index (χ2v) is 8.32. The normalized spacial score (nSPS) is 53.7. The molecule has 33 heavy (non-hydrogen) atoms. The second kappa shape index (κ2) is 11.0. The molecular formula is C18H32O15. The van der Waals surface area contributed by atoms with Crippen LogP contribution >= 0.6 is 0 Å². The Labute approximate surface area is 187 Å². The molecule has 3 aliphatic rings. The van der Waals surface area contributed by atoms with E-state index in [2.05, 4.69) is 0 Å². The molecule has 0 aromatic heterocycles. The molecule has 15 heteroatoms. The molecule has 0 saturated carbocycles. The van der Waals surface area contributed by atoms with Gasteiger partial charge in [-0.1, -0.05) is 0 Å². The smallest absolute Gasteiger partial charge is 0.187 e. The first-order valence-corrected chi connectivity index (χ1v) is 10.4. The van der Waals surface area contributed by atoms with E-state index in [1.54, 1.807) is 0 Å².